The van der Waals surface area contributed by atoms with Gasteiger partial charge in [0, 0.05) is 11.0 Å². The molecule has 0 radical (unpaired) electrons. The second-order valence-electron chi connectivity index (χ2n) is 3.31. The van der Waals surface area contributed by atoms with Crippen molar-refractivity contribution in [3.8, 4) is 5.75 Å². The van der Waals surface area contributed by atoms with Crippen molar-refractivity contribution in [2.75, 3.05) is 13.1 Å². The van der Waals surface area contributed by atoms with Crippen LogP contribution in [-0.2, 0) is 0 Å². The number of ether oxygens (including phenoxy) is 1. The predicted octanol–water partition coefficient (Wildman–Crippen LogP) is 2.84. The first-order chi connectivity index (χ1) is 6.75. The van der Waals surface area contributed by atoms with Gasteiger partial charge in [0.25, 0.3) is 0 Å². The van der Waals surface area contributed by atoms with Gasteiger partial charge >= 0.3 is 0 Å². The van der Waals surface area contributed by atoms with Crippen molar-refractivity contribution in [3.05, 3.63) is 27.7 Å². The molecular weight excluding hydrogens is 265 g/mol. The molecule has 0 aliphatic carbocycles. The molecule has 4 heteroatoms. The molecular formula is C10H11BrClNO. The van der Waals surface area contributed by atoms with Crippen LogP contribution in [0.5, 0.6) is 5.75 Å². The van der Waals surface area contributed by atoms with Gasteiger partial charge in [-0.3, -0.25) is 0 Å². The maximum atomic E-state index is 6.01. The highest BCUT2D eigenvalue weighted by Gasteiger charge is 2.17. The van der Waals surface area contributed by atoms with E-state index in [-0.39, 0.29) is 6.10 Å². The molecule has 0 saturated carbocycles. The van der Waals surface area contributed by atoms with E-state index in [2.05, 4.69) is 21.2 Å². The Morgan fingerprint density at radius 2 is 2.36 bits per heavy atom. The Morgan fingerprint density at radius 1 is 1.50 bits per heavy atom. The van der Waals surface area contributed by atoms with Gasteiger partial charge in [-0.05, 0) is 31.2 Å². The van der Waals surface area contributed by atoms with E-state index in [0.29, 0.717) is 5.02 Å². The number of nitrogens with one attached hydrogen (secondary N) is 1. The molecule has 0 bridgehead atoms. The van der Waals surface area contributed by atoms with Crippen molar-refractivity contribution in [2.24, 2.45) is 0 Å². The maximum Gasteiger partial charge on any atom is 0.139 e. The van der Waals surface area contributed by atoms with E-state index in [1.54, 1.807) is 0 Å². The van der Waals surface area contributed by atoms with Crippen LogP contribution in [0.1, 0.15) is 6.42 Å². The Balaban J connectivity index is 2.10. The Hall–Kier alpha value is -0.250. The average Bonchev–Trinajstić information content (AvgIpc) is 2.64. The second-order valence-corrected chi connectivity index (χ2v) is 4.63. The van der Waals surface area contributed by atoms with Crippen LogP contribution in [0.25, 0.3) is 0 Å². The van der Waals surface area contributed by atoms with Crippen LogP contribution in [0, 0.1) is 0 Å². The van der Waals surface area contributed by atoms with E-state index in [1.165, 1.54) is 0 Å². The Kier molecular flexibility index (Phi) is 3.31. The van der Waals surface area contributed by atoms with Crippen LogP contribution in [0.15, 0.2) is 22.7 Å². The van der Waals surface area contributed by atoms with Crippen molar-refractivity contribution in [3.63, 3.8) is 0 Å². The fourth-order valence-electron chi connectivity index (χ4n) is 1.48. The highest BCUT2D eigenvalue weighted by Crippen LogP contribution is 2.29. The predicted molar refractivity (Wildman–Crippen MR) is 61.1 cm³/mol. The van der Waals surface area contributed by atoms with Crippen LogP contribution in [0.3, 0.4) is 0 Å². The molecule has 1 N–H and O–H groups in total. The van der Waals surface area contributed by atoms with Gasteiger partial charge in [0.05, 0.1) is 5.02 Å². The van der Waals surface area contributed by atoms with E-state index < -0.39 is 0 Å². The minimum absolute atomic E-state index is 0.252. The summed E-state index contributed by atoms with van der Waals surface area (Å²) in [6.45, 7) is 1.93. The third kappa shape index (κ3) is 2.41. The summed E-state index contributed by atoms with van der Waals surface area (Å²) < 4.78 is 6.75. The molecule has 1 fully saturated rings. The van der Waals surface area contributed by atoms with Crippen LogP contribution < -0.4 is 10.1 Å². The van der Waals surface area contributed by atoms with Gasteiger partial charge in [-0.2, -0.15) is 0 Å². The summed E-state index contributed by atoms with van der Waals surface area (Å²) in [5.41, 5.74) is 0. The highest BCUT2D eigenvalue weighted by molar-refractivity contribution is 9.10. The standard InChI is InChI=1S/C10H11BrClNO/c11-7-1-2-9(12)10(5-7)14-8-3-4-13-6-8/h1-2,5,8,13H,3-4,6H2. The van der Waals surface area contributed by atoms with Crippen molar-refractivity contribution in [1.82, 2.24) is 5.32 Å². The van der Waals surface area contributed by atoms with Crippen molar-refractivity contribution < 1.29 is 4.74 Å². The molecule has 1 atom stereocenters. The normalized spacial score (nSPS) is 21.1. The van der Waals surface area contributed by atoms with Gasteiger partial charge in [-0.25, -0.2) is 0 Å². The first-order valence-corrected chi connectivity index (χ1v) is 5.75. The Bertz CT molecular complexity index is 326. The fourth-order valence-corrected chi connectivity index (χ4v) is 1.98. The summed E-state index contributed by atoms with van der Waals surface area (Å²) in [6, 6.07) is 5.64. The third-order valence-corrected chi connectivity index (χ3v) is 3.01. The average molecular weight is 277 g/mol. The first-order valence-electron chi connectivity index (χ1n) is 4.58. The highest BCUT2D eigenvalue weighted by atomic mass is 79.9. The minimum atomic E-state index is 0.252. The molecule has 76 valence electrons. The minimum Gasteiger partial charge on any atom is -0.487 e. The van der Waals surface area contributed by atoms with E-state index in [1.807, 2.05) is 18.2 Å². The van der Waals surface area contributed by atoms with Crippen molar-refractivity contribution in [2.45, 2.75) is 12.5 Å². The molecule has 2 nitrogen and oxygen atoms in total. The van der Waals surface area contributed by atoms with Gasteiger partial charge in [0.1, 0.15) is 11.9 Å². The first kappa shape index (κ1) is 10.3. The number of rotatable bonds is 2. The molecule has 1 aromatic carbocycles. The Labute approximate surface area is 96.7 Å². The quantitative estimate of drug-likeness (QED) is 0.897. The molecule has 1 saturated heterocycles. The maximum absolute atomic E-state index is 6.01. The van der Waals surface area contributed by atoms with E-state index >= 15 is 0 Å². The molecule has 1 heterocycles. The van der Waals surface area contributed by atoms with Gasteiger partial charge in [0.15, 0.2) is 0 Å². The summed E-state index contributed by atoms with van der Waals surface area (Å²) in [4.78, 5) is 0. The van der Waals surface area contributed by atoms with Gasteiger partial charge in [-0.1, -0.05) is 27.5 Å². The number of halogens is 2. The molecule has 14 heavy (non-hydrogen) atoms. The van der Waals surface area contributed by atoms with Gasteiger partial charge in [0.2, 0.25) is 0 Å². The monoisotopic (exact) mass is 275 g/mol. The van der Waals surface area contributed by atoms with E-state index in [4.69, 9.17) is 16.3 Å². The van der Waals surface area contributed by atoms with E-state index in [9.17, 15) is 0 Å². The summed E-state index contributed by atoms with van der Waals surface area (Å²) in [5, 5.41) is 3.91. The summed E-state index contributed by atoms with van der Waals surface area (Å²) >= 11 is 9.40. The molecule has 0 amide bonds. The third-order valence-electron chi connectivity index (χ3n) is 2.20. The lowest BCUT2D eigenvalue weighted by atomic mass is 10.3. The summed E-state index contributed by atoms with van der Waals surface area (Å²) in [5.74, 6) is 0.759. The van der Waals surface area contributed by atoms with Gasteiger partial charge < -0.3 is 10.1 Å². The van der Waals surface area contributed by atoms with E-state index in [0.717, 1.165) is 29.7 Å². The van der Waals surface area contributed by atoms with Crippen LogP contribution in [0.2, 0.25) is 5.02 Å². The zero-order chi connectivity index (χ0) is 9.97. The zero-order valence-corrected chi connectivity index (χ0v) is 9.94. The smallest absolute Gasteiger partial charge is 0.139 e. The molecule has 1 aliphatic rings. The molecule has 0 spiro atoms. The fraction of sp³-hybridized carbons (Fsp3) is 0.400. The number of hydrogen-bond donors (Lipinski definition) is 1. The molecule has 2 rings (SSSR count). The largest absolute Gasteiger partial charge is 0.487 e. The topological polar surface area (TPSA) is 21.3 Å². The summed E-state index contributed by atoms with van der Waals surface area (Å²) in [7, 11) is 0. The summed E-state index contributed by atoms with van der Waals surface area (Å²) in [6.07, 6.45) is 1.30. The Morgan fingerprint density at radius 3 is 3.07 bits per heavy atom. The molecule has 1 aromatic rings. The van der Waals surface area contributed by atoms with Crippen LogP contribution >= 0.6 is 27.5 Å². The second kappa shape index (κ2) is 4.51. The van der Waals surface area contributed by atoms with Crippen LogP contribution in [-0.4, -0.2) is 19.2 Å². The van der Waals surface area contributed by atoms with Crippen molar-refractivity contribution in [1.29, 1.82) is 0 Å². The van der Waals surface area contributed by atoms with Crippen LogP contribution in [0.4, 0.5) is 0 Å². The zero-order valence-electron chi connectivity index (χ0n) is 7.59. The molecule has 1 aliphatic heterocycles. The number of benzene rings is 1. The lowest BCUT2D eigenvalue weighted by molar-refractivity contribution is 0.223. The van der Waals surface area contributed by atoms with Crippen molar-refractivity contribution >= 4 is 27.5 Å². The SMILES string of the molecule is Clc1ccc(Br)cc1OC1CCNC1. The molecule has 0 aromatic heterocycles. The van der Waals surface area contributed by atoms with Gasteiger partial charge in [-0.15, -0.1) is 0 Å². The molecule has 1 unspecified atom stereocenters. The number of hydrogen-bond acceptors (Lipinski definition) is 2. The lowest BCUT2D eigenvalue weighted by Crippen LogP contribution is -2.19. The lowest BCUT2D eigenvalue weighted by Gasteiger charge is -2.13.